The van der Waals surface area contributed by atoms with Crippen molar-refractivity contribution >= 4 is 12.1 Å². The van der Waals surface area contributed by atoms with E-state index in [0.29, 0.717) is 12.8 Å². The first kappa shape index (κ1) is 9.34. The summed E-state index contributed by atoms with van der Waals surface area (Å²) in [5.74, 6) is 0.448. The highest BCUT2D eigenvalue weighted by molar-refractivity contribution is 5.76. The van der Waals surface area contributed by atoms with Gasteiger partial charge >= 0.3 is 0 Å². The van der Waals surface area contributed by atoms with Gasteiger partial charge in [0, 0.05) is 12.8 Å². The number of Topliss-reactive ketones (excluding diaryl/α,β-unsaturated/α-hetero) is 1. The predicted octanol–water partition coefficient (Wildman–Crippen LogP) is 1.58. The zero-order chi connectivity index (χ0) is 7.98. The summed E-state index contributed by atoms with van der Waals surface area (Å²) in [7, 11) is 0. The molecular weight excluding hydrogens is 128 g/mol. The maximum Gasteiger partial charge on any atom is 0.130 e. The first-order chi connectivity index (χ1) is 4.70. The molecule has 0 N–H and O–H groups in total. The van der Waals surface area contributed by atoms with Gasteiger partial charge in [-0.1, -0.05) is 13.3 Å². The maximum absolute atomic E-state index is 10.6. The van der Waals surface area contributed by atoms with E-state index in [9.17, 15) is 9.59 Å². The van der Waals surface area contributed by atoms with E-state index >= 15 is 0 Å². The summed E-state index contributed by atoms with van der Waals surface area (Å²) < 4.78 is 0. The minimum atomic E-state index is 0.175. The van der Waals surface area contributed by atoms with Crippen LogP contribution in [0.3, 0.4) is 0 Å². The first-order valence-electron chi connectivity index (χ1n) is 3.63. The van der Waals surface area contributed by atoms with Crippen LogP contribution in [0.5, 0.6) is 0 Å². The largest absolute Gasteiger partial charge is 0.303 e. The lowest BCUT2D eigenvalue weighted by atomic mass is 9.97. The van der Waals surface area contributed by atoms with Crippen molar-refractivity contribution in [3.05, 3.63) is 0 Å². The molecule has 0 aromatic rings. The van der Waals surface area contributed by atoms with E-state index in [0.717, 1.165) is 12.7 Å². The molecule has 2 nitrogen and oxygen atoms in total. The summed E-state index contributed by atoms with van der Waals surface area (Å²) >= 11 is 0. The minimum Gasteiger partial charge on any atom is -0.303 e. The number of aldehydes is 1. The third kappa shape index (κ3) is 4.24. The van der Waals surface area contributed by atoms with Gasteiger partial charge in [0.05, 0.1) is 0 Å². The Morgan fingerprint density at radius 1 is 1.60 bits per heavy atom. The van der Waals surface area contributed by atoms with Crippen LogP contribution in [-0.4, -0.2) is 12.1 Å². The highest BCUT2D eigenvalue weighted by Gasteiger charge is 2.07. The molecule has 0 rings (SSSR count). The van der Waals surface area contributed by atoms with Crippen LogP contribution in [0.15, 0.2) is 0 Å². The molecule has 0 unspecified atom stereocenters. The fraction of sp³-hybridized carbons (Fsp3) is 0.750. The molecule has 0 amide bonds. The van der Waals surface area contributed by atoms with Crippen molar-refractivity contribution in [2.75, 3.05) is 0 Å². The molecule has 0 saturated heterocycles. The molecule has 10 heavy (non-hydrogen) atoms. The second-order valence-corrected chi connectivity index (χ2v) is 2.58. The van der Waals surface area contributed by atoms with Crippen LogP contribution < -0.4 is 0 Å². The standard InChI is InChI=1S/C8H14O2/c1-3-8(4-5-9)6-7(2)10/h5,8H,3-4,6H2,1-2H3/t8-/m0/s1. The quantitative estimate of drug-likeness (QED) is 0.546. The van der Waals surface area contributed by atoms with Crippen LogP contribution in [0.25, 0.3) is 0 Å². The minimum absolute atomic E-state index is 0.175. The van der Waals surface area contributed by atoms with E-state index in [4.69, 9.17) is 0 Å². The molecule has 0 heterocycles. The third-order valence-electron chi connectivity index (χ3n) is 1.58. The molecule has 0 aromatic carbocycles. The Hall–Kier alpha value is -0.660. The molecule has 1 atom stereocenters. The molecule has 0 aliphatic rings. The number of rotatable bonds is 5. The van der Waals surface area contributed by atoms with Crippen molar-refractivity contribution in [1.29, 1.82) is 0 Å². The molecule has 0 spiro atoms. The SMILES string of the molecule is CC[C@@H](CC=O)CC(C)=O. The van der Waals surface area contributed by atoms with Crippen LogP contribution >= 0.6 is 0 Å². The fourth-order valence-electron chi connectivity index (χ4n) is 0.937. The Morgan fingerprint density at radius 3 is 2.50 bits per heavy atom. The van der Waals surface area contributed by atoms with Gasteiger partial charge in [-0.05, 0) is 12.8 Å². The van der Waals surface area contributed by atoms with Gasteiger partial charge in [-0.25, -0.2) is 0 Å². The third-order valence-corrected chi connectivity index (χ3v) is 1.58. The number of hydrogen-bond acceptors (Lipinski definition) is 2. The fourth-order valence-corrected chi connectivity index (χ4v) is 0.937. The molecule has 0 fully saturated rings. The lowest BCUT2D eigenvalue weighted by Gasteiger charge is -2.06. The van der Waals surface area contributed by atoms with Gasteiger partial charge in [0.2, 0.25) is 0 Å². The van der Waals surface area contributed by atoms with Crippen LogP contribution in [0.4, 0.5) is 0 Å². The average Bonchev–Trinajstić information content (AvgIpc) is 1.86. The summed E-state index contributed by atoms with van der Waals surface area (Å²) in [6.07, 6.45) is 2.88. The van der Waals surface area contributed by atoms with Crippen LogP contribution in [-0.2, 0) is 9.59 Å². The Labute approximate surface area is 61.6 Å². The lowest BCUT2D eigenvalue weighted by molar-refractivity contribution is -0.118. The van der Waals surface area contributed by atoms with Crippen LogP contribution in [0.1, 0.15) is 33.1 Å². The zero-order valence-electron chi connectivity index (χ0n) is 6.59. The molecule has 0 saturated carbocycles. The van der Waals surface area contributed by atoms with Crippen molar-refractivity contribution in [2.24, 2.45) is 5.92 Å². The highest BCUT2D eigenvalue weighted by Crippen LogP contribution is 2.11. The second kappa shape index (κ2) is 5.15. The van der Waals surface area contributed by atoms with Gasteiger partial charge in [-0.15, -0.1) is 0 Å². The number of carbonyl (C=O) groups is 2. The van der Waals surface area contributed by atoms with Crippen molar-refractivity contribution < 1.29 is 9.59 Å². The topological polar surface area (TPSA) is 34.1 Å². The normalized spacial score (nSPS) is 12.6. The van der Waals surface area contributed by atoms with E-state index in [1.165, 1.54) is 0 Å². The van der Waals surface area contributed by atoms with E-state index in [2.05, 4.69) is 0 Å². The van der Waals surface area contributed by atoms with E-state index in [1.54, 1.807) is 6.92 Å². The maximum atomic E-state index is 10.6. The molecule has 2 heteroatoms. The van der Waals surface area contributed by atoms with E-state index in [1.807, 2.05) is 6.92 Å². The number of carbonyl (C=O) groups excluding carboxylic acids is 2. The molecule has 0 aliphatic heterocycles. The van der Waals surface area contributed by atoms with Crippen molar-refractivity contribution in [2.45, 2.75) is 33.1 Å². The molecule has 0 radical (unpaired) electrons. The average molecular weight is 142 g/mol. The van der Waals surface area contributed by atoms with Gasteiger partial charge in [0.25, 0.3) is 0 Å². The second-order valence-electron chi connectivity index (χ2n) is 2.58. The molecule has 58 valence electrons. The van der Waals surface area contributed by atoms with Crippen molar-refractivity contribution in [1.82, 2.24) is 0 Å². The van der Waals surface area contributed by atoms with E-state index in [-0.39, 0.29) is 11.7 Å². The van der Waals surface area contributed by atoms with Gasteiger partial charge in [-0.3, -0.25) is 0 Å². The monoisotopic (exact) mass is 142 g/mol. The number of hydrogen-bond donors (Lipinski definition) is 0. The van der Waals surface area contributed by atoms with Gasteiger partial charge < -0.3 is 9.59 Å². The van der Waals surface area contributed by atoms with E-state index < -0.39 is 0 Å². The first-order valence-corrected chi connectivity index (χ1v) is 3.63. The lowest BCUT2D eigenvalue weighted by Crippen LogP contribution is -2.04. The highest BCUT2D eigenvalue weighted by atomic mass is 16.1. The van der Waals surface area contributed by atoms with Crippen molar-refractivity contribution in [3.8, 4) is 0 Å². The number of ketones is 1. The Morgan fingerprint density at radius 2 is 2.20 bits per heavy atom. The molecule has 0 bridgehead atoms. The molecule has 0 aliphatic carbocycles. The van der Waals surface area contributed by atoms with Crippen molar-refractivity contribution in [3.63, 3.8) is 0 Å². The van der Waals surface area contributed by atoms with Crippen LogP contribution in [0, 0.1) is 5.92 Å². The van der Waals surface area contributed by atoms with Gasteiger partial charge in [0.1, 0.15) is 12.1 Å². The smallest absolute Gasteiger partial charge is 0.130 e. The molecule has 0 aromatic heterocycles. The van der Waals surface area contributed by atoms with Gasteiger partial charge in [0.15, 0.2) is 0 Å². The zero-order valence-corrected chi connectivity index (χ0v) is 6.59. The Bertz CT molecular complexity index is 118. The van der Waals surface area contributed by atoms with Crippen LogP contribution in [0.2, 0.25) is 0 Å². The summed E-state index contributed by atoms with van der Waals surface area (Å²) in [5, 5.41) is 0. The summed E-state index contributed by atoms with van der Waals surface area (Å²) in [6.45, 7) is 3.56. The Balaban J connectivity index is 3.59. The summed E-state index contributed by atoms with van der Waals surface area (Å²) in [6, 6.07) is 0. The Kier molecular flexibility index (Phi) is 4.81. The van der Waals surface area contributed by atoms with Gasteiger partial charge in [-0.2, -0.15) is 0 Å². The summed E-state index contributed by atoms with van der Waals surface area (Å²) in [5.41, 5.74) is 0. The molecular formula is C8H14O2. The summed E-state index contributed by atoms with van der Waals surface area (Å²) in [4.78, 5) is 20.6. The predicted molar refractivity (Wildman–Crippen MR) is 39.8 cm³/mol.